The van der Waals surface area contributed by atoms with E-state index >= 15 is 0 Å². The number of phenolic OH excluding ortho intramolecular Hbond substituents is 1. The lowest BCUT2D eigenvalue weighted by atomic mass is 9.88. The molecule has 1 fully saturated rings. The van der Waals surface area contributed by atoms with E-state index in [2.05, 4.69) is 17.9 Å². The van der Waals surface area contributed by atoms with Gasteiger partial charge in [-0.2, -0.15) is 0 Å². The second-order valence-corrected chi connectivity index (χ2v) is 9.32. The van der Waals surface area contributed by atoms with E-state index in [0.717, 1.165) is 64.6 Å². The van der Waals surface area contributed by atoms with Gasteiger partial charge in [-0.3, -0.25) is 0 Å². The fourth-order valence-corrected chi connectivity index (χ4v) is 4.98. The van der Waals surface area contributed by atoms with Gasteiger partial charge >= 0.3 is 0 Å². The summed E-state index contributed by atoms with van der Waals surface area (Å²) in [5.41, 5.74) is 5.36. The van der Waals surface area contributed by atoms with E-state index in [9.17, 15) is 10.2 Å². The molecule has 2 aliphatic rings. The number of fused-ring (bicyclic) bond motifs is 1. The molecule has 0 bridgehead atoms. The maximum absolute atomic E-state index is 10.4. The summed E-state index contributed by atoms with van der Waals surface area (Å²) in [5, 5.41) is 20.2. The molecule has 36 heavy (non-hydrogen) atoms. The molecule has 3 aromatic rings. The molecule has 1 atom stereocenters. The summed E-state index contributed by atoms with van der Waals surface area (Å²) in [6.07, 6.45) is 2.71. The summed E-state index contributed by atoms with van der Waals surface area (Å²) < 4.78 is 17.0. The number of aromatic hydroxyl groups is 1. The van der Waals surface area contributed by atoms with Crippen LogP contribution in [0.5, 0.6) is 23.0 Å². The Morgan fingerprint density at radius 3 is 2.22 bits per heavy atom. The predicted molar refractivity (Wildman–Crippen MR) is 140 cm³/mol. The average Bonchev–Trinajstić information content (AvgIpc) is 3.59. The third-order valence-corrected chi connectivity index (χ3v) is 6.79. The molecule has 0 aliphatic carbocycles. The number of hydrogen-bond donors (Lipinski definition) is 2. The number of phenols is 1. The zero-order chi connectivity index (χ0) is 24.9. The summed E-state index contributed by atoms with van der Waals surface area (Å²) in [5.74, 6) is 2.47. The quantitative estimate of drug-likeness (QED) is 0.398. The molecule has 0 aromatic heterocycles. The number of nitrogens with zero attached hydrogens (tertiary/aromatic N) is 1. The number of ether oxygens (including phenoxy) is 3. The molecule has 2 aliphatic heterocycles. The molecule has 1 saturated heterocycles. The van der Waals surface area contributed by atoms with E-state index in [1.807, 2.05) is 48.5 Å². The van der Waals surface area contributed by atoms with E-state index in [4.69, 9.17) is 14.2 Å². The molecular formula is C30H33NO5. The Hall–Kier alpha value is -3.48. The molecule has 6 nitrogen and oxygen atoms in total. The number of aliphatic hydroxyl groups excluding tert-OH is 1. The number of rotatable bonds is 9. The molecule has 2 heterocycles. The predicted octanol–water partition coefficient (Wildman–Crippen LogP) is 5.33. The summed E-state index contributed by atoms with van der Waals surface area (Å²) in [6.45, 7) is 5.42. The maximum Gasteiger partial charge on any atom is 0.231 e. The second-order valence-electron chi connectivity index (χ2n) is 9.32. The number of β-amino-alcohol motifs (C(OH)–C–C–N with tert-alkyl or cyclic N) is 1. The van der Waals surface area contributed by atoms with Crippen LogP contribution < -0.4 is 14.2 Å². The van der Waals surface area contributed by atoms with E-state index < -0.39 is 6.10 Å². The van der Waals surface area contributed by atoms with Crippen LogP contribution in [0.25, 0.3) is 11.1 Å². The number of hydrogen-bond acceptors (Lipinski definition) is 6. The van der Waals surface area contributed by atoms with Crippen molar-refractivity contribution in [2.24, 2.45) is 0 Å². The maximum atomic E-state index is 10.4. The van der Waals surface area contributed by atoms with Crippen LogP contribution in [-0.4, -0.2) is 54.3 Å². The fourth-order valence-electron chi connectivity index (χ4n) is 4.98. The van der Waals surface area contributed by atoms with Crippen LogP contribution in [0.15, 0.2) is 66.7 Å². The van der Waals surface area contributed by atoms with Gasteiger partial charge in [0.05, 0.1) is 0 Å². The van der Waals surface area contributed by atoms with Crippen LogP contribution in [0.4, 0.5) is 0 Å². The normalized spacial score (nSPS) is 16.6. The van der Waals surface area contributed by atoms with Gasteiger partial charge in [-0.15, -0.1) is 0 Å². The summed E-state index contributed by atoms with van der Waals surface area (Å²) >= 11 is 0. The largest absolute Gasteiger partial charge is 0.508 e. The minimum absolute atomic E-state index is 0.232. The Balaban J connectivity index is 1.42. The Morgan fingerprint density at radius 1 is 0.889 bits per heavy atom. The van der Waals surface area contributed by atoms with Gasteiger partial charge in [0.2, 0.25) is 6.79 Å². The van der Waals surface area contributed by atoms with Gasteiger partial charge in [0.15, 0.2) is 11.5 Å². The van der Waals surface area contributed by atoms with Crippen LogP contribution in [0.2, 0.25) is 0 Å². The average molecular weight is 488 g/mol. The lowest BCUT2D eigenvalue weighted by Gasteiger charge is -2.20. The van der Waals surface area contributed by atoms with E-state index in [1.54, 1.807) is 12.1 Å². The molecule has 3 aromatic carbocycles. The minimum Gasteiger partial charge on any atom is -0.508 e. The number of allylic oxidation sites excluding steroid dienone is 1. The van der Waals surface area contributed by atoms with Crippen molar-refractivity contribution in [1.82, 2.24) is 4.90 Å². The first-order valence-electron chi connectivity index (χ1n) is 12.7. The standard InChI is InChI=1S/C30H33NO5/c1-2-27(23-9-14-28-29(17-23)36-20-35-28)30(21-5-10-24(32)11-6-21)22-7-12-26(13-8-22)34-19-25(33)18-31-15-3-4-16-31/h5-14,17,25,32-33H,2-4,15-16,18-20H2,1H3. The lowest BCUT2D eigenvalue weighted by molar-refractivity contribution is 0.0758. The molecular weight excluding hydrogens is 454 g/mol. The van der Waals surface area contributed by atoms with Gasteiger partial charge < -0.3 is 29.3 Å². The summed E-state index contributed by atoms with van der Waals surface area (Å²) in [4.78, 5) is 2.29. The van der Waals surface area contributed by atoms with Gasteiger partial charge in [0.25, 0.3) is 0 Å². The second kappa shape index (κ2) is 11.1. The number of aliphatic hydroxyl groups is 1. The van der Waals surface area contributed by atoms with Crippen molar-refractivity contribution < 1.29 is 24.4 Å². The summed E-state index contributed by atoms with van der Waals surface area (Å²) in [6, 6.07) is 21.3. The highest BCUT2D eigenvalue weighted by atomic mass is 16.7. The first kappa shape index (κ1) is 24.2. The van der Waals surface area contributed by atoms with Gasteiger partial charge in [0, 0.05) is 6.54 Å². The minimum atomic E-state index is -0.507. The van der Waals surface area contributed by atoms with E-state index in [0.29, 0.717) is 6.54 Å². The van der Waals surface area contributed by atoms with Gasteiger partial charge in [-0.25, -0.2) is 0 Å². The lowest BCUT2D eigenvalue weighted by Crippen LogP contribution is -2.33. The zero-order valence-corrected chi connectivity index (χ0v) is 20.7. The van der Waals surface area contributed by atoms with Crippen molar-refractivity contribution in [3.8, 4) is 23.0 Å². The van der Waals surface area contributed by atoms with Gasteiger partial charge in [-0.1, -0.05) is 37.3 Å². The van der Waals surface area contributed by atoms with Crippen molar-refractivity contribution in [3.63, 3.8) is 0 Å². The van der Waals surface area contributed by atoms with E-state index in [1.165, 1.54) is 12.8 Å². The number of benzene rings is 3. The first-order chi connectivity index (χ1) is 17.6. The van der Waals surface area contributed by atoms with Crippen LogP contribution >= 0.6 is 0 Å². The third kappa shape index (κ3) is 5.50. The van der Waals surface area contributed by atoms with Crippen molar-refractivity contribution >= 4 is 11.1 Å². The first-order valence-corrected chi connectivity index (χ1v) is 12.7. The zero-order valence-electron chi connectivity index (χ0n) is 20.7. The molecule has 188 valence electrons. The van der Waals surface area contributed by atoms with Crippen molar-refractivity contribution in [2.45, 2.75) is 32.3 Å². The molecule has 5 rings (SSSR count). The van der Waals surface area contributed by atoms with E-state index in [-0.39, 0.29) is 19.1 Å². The SMILES string of the molecule is CCC(=C(c1ccc(O)cc1)c1ccc(OCC(O)CN2CCCC2)cc1)c1ccc2c(c1)OCO2. The van der Waals surface area contributed by atoms with Gasteiger partial charge in [0.1, 0.15) is 24.2 Å². The molecule has 2 N–H and O–H groups in total. The summed E-state index contributed by atoms with van der Waals surface area (Å²) in [7, 11) is 0. The van der Waals surface area contributed by atoms with Crippen LogP contribution in [-0.2, 0) is 0 Å². The Labute approximate surface area is 212 Å². The third-order valence-electron chi connectivity index (χ3n) is 6.79. The molecule has 6 heteroatoms. The highest BCUT2D eigenvalue weighted by Crippen LogP contribution is 2.40. The smallest absolute Gasteiger partial charge is 0.231 e. The van der Waals surface area contributed by atoms with Crippen LogP contribution in [0.3, 0.4) is 0 Å². The van der Waals surface area contributed by atoms with Crippen molar-refractivity contribution in [2.75, 3.05) is 33.0 Å². The molecule has 0 amide bonds. The number of likely N-dealkylation sites (tertiary alicyclic amines) is 1. The monoisotopic (exact) mass is 487 g/mol. The fraction of sp³-hybridized carbons (Fsp3) is 0.333. The topological polar surface area (TPSA) is 71.4 Å². The Bertz CT molecular complexity index is 1200. The molecule has 0 spiro atoms. The highest BCUT2D eigenvalue weighted by Gasteiger charge is 2.19. The molecule has 0 radical (unpaired) electrons. The highest BCUT2D eigenvalue weighted by molar-refractivity contribution is 5.99. The van der Waals surface area contributed by atoms with Crippen LogP contribution in [0, 0.1) is 0 Å². The Kier molecular flexibility index (Phi) is 7.44. The van der Waals surface area contributed by atoms with Crippen molar-refractivity contribution in [3.05, 3.63) is 83.4 Å². The van der Waals surface area contributed by atoms with Crippen molar-refractivity contribution in [1.29, 1.82) is 0 Å². The Morgan fingerprint density at radius 2 is 1.53 bits per heavy atom. The van der Waals surface area contributed by atoms with Crippen LogP contribution in [0.1, 0.15) is 42.9 Å². The molecule has 1 unspecified atom stereocenters. The van der Waals surface area contributed by atoms with Gasteiger partial charge in [-0.05, 0) is 96.6 Å². The molecule has 0 saturated carbocycles.